The van der Waals surface area contributed by atoms with Gasteiger partial charge >= 0.3 is 22.3 Å². The zero-order valence-corrected chi connectivity index (χ0v) is 16.2. The Morgan fingerprint density at radius 1 is 0.875 bits per heavy atom. The fourth-order valence-corrected chi connectivity index (χ4v) is 2.36. The maximum absolute atomic E-state index is 11.6. The number of unbranched alkanes of at least 4 members (excludes halogenated alkanes) is 2. The highest BCUT2D eigenvalue weighted by atomic mass is 32.2. The van der Waals surface area contributed by atoms with Gasteiger partial charge in [0.2, 0.25) is 0 Å². The minimum atomic E-state index is -3.95. The quantitative estimate of drug-likeness (QED) is 0.503. The maximum atomic E-state index is 11.6. The molecule has 0 aliphatic rings. The zero-order chi connectivity index (χ0) is 19.0. The van der Waals surface area contributed by atoms with E-state index >= 15 is 0 Å². The molecule has 0 heterocycles. The molecule has 0 saturated carbocycles. The smallest absolute Gasteiger partial charge is 0.422 e. The van der Waals surface area contributed by atoms with Crippen molar-refractivity contribution in [3.05, 3.63) is 0 Å². The molecule has 0 aromatic heterocycles. The van der Waals surface area contributed by atoms with Gasteiger partial charge in [0.25, 0.3) is 0 Å². The molecular weight excluding hydrogens is 336 g/mol. The molecule has 0 saturated heterocycles. The fourth-order valence-electron chi connectivity index (χ4n) is 1.61. The van der Waals surface area contributed by atoms with E-state index in [0.29, 0.717) is 25.7 Å². The Kier molecular flexibility index (Phi) is 8.70. The van der Waals surface area contributed by atoms with Crippen molar-refractivity contribution in [2.75, 3.05) is 6.54 Å². The summed E-state index contributed by atoms with van der Waals surface area (Å²) in [6.07, 6.45) is 1.07. The van der Waals surface area contributed by atoms with E-state index in [-0.39, 0.29) is 12.5 Å². The van der Waals surface area contributed by atoms with E-state index in [1.165, 1.54) is 0 Å². The van der Waals surface area contributed by atoms with Crippen molar-refractivity contribution in [2.24, 2.45) is 0 Å². The highest BCUT2D eigenvalue weighted by Crippen LogP contribution is 2.10. The van der Waals surface area contributed by atoms with Gasteiger partial charge in [0.05, 0.1) is 0 Å². The summed E-state index contributed by atoms with van der Waals surface area (Å²) in [5, 5.41) is 0. The molecule has 142 valence electrons. The van der Waals surface area contributed by atoms with E-state index in [4.69, 9.17) is 9.47 Å². The molecule has 0 bridgehead atoms. The molecule has 0 rings (SSSR count). The molecule has 0 aliphatic carbocycles. The van der Waals surface area contributed by atoms with Gasteiger partial charge in [-0.25, -0.2) is 9.52 Å². The molecule has 0 radical (unpaired) electrons. The van der Waals surface area contributed by atoms with Crippen LogP contribution < -0.4 is 9.44 Å². The molecule has 0 atom stereocenters. The summed E-state index contributed by atoms with van der Waals surface area (Å²) in [5.74, 6) is -0.269. The highest BCUT2D eigenvalue weighted by molar-refractivity contribution is 7.88. The first-order valence-electron chi connectivity index (χ1n) is 7.92. The summed E-state index contributed by atoms with van der Waals surface area (Å²) in [7, 11) is -3.95. The summed E-state index contributed by atoms with van der Waals surface area (Å²) in [6.45, 7) is 10.5. The number of nitrogens with one attached hydrogen (secondary N) is 2. The van der Waals surface area contributed by atoms with E-state index < -0.39 is 27.5 Å². The number of ether oxygens (including phenoxy) is 2. The Bertz CT molecular complexity index is 517. The SMILES string of the molecule is CC(C)(C)OC(=O)CCCCCNS(=O)(=O)NC(=O)OC(C)(C)C. The third-order valence-corrected chi connectivity index (χ3v) is 3.41. The second kappa shape index (κ2) is 9.22. The van der Waals surface area contributed by atoms with Crippen LogP contribution in [0.2, 0.25) is 0 Å². The lowest BCUT2D eigenvalue weighted by Crippen LogP contribution is -2.43. The standard InChI is InChI=1S/C15H30N2O6S/c1-14(2,3)22-12(18)10-8-7-9-11-16-24(20,21)17-13(19)23-15(4,5)6/h16H,7-11H2,1-6H3,(H,17,19). The van der Waals surface area contributed by atoms with Crippen LogP contribution in [0.5, 0.6) is 0 Å². The van der Waals surface area contributed by atoms with Gasteiger partial charge in [-0.2, -0.15) is 13.1 Å². The predicted octanol–water partition coefficient (Wildman–Crippen LogP) is 2.25. The molecule has 8 nitrogen and oxygen atoms in total. The molecule has 2 N–H and O–H groups in total. The Morgan fingerprint density at radius 3 is 1.92 bits per heavy atom. The van der Waals surface area contributed by atoms with Crippen molar-refractivity contribution < 1.29 is 27.5 Å². The number of carbonyl (C=O) groups excluding carboxylic acids is 2. The van der Waals surface area contributed by atoms with Gasteiger partial charge in [0.1, 0.15) is 11.2 Å². The average Bonchev–Trinajstić information content (AvgIpc) is 2.27. The van der Waals surface area contributed by atoms with Crippen LogP contribution in [0.3, 0.4) is 0 Å². The van der Waals surface area contributed by atoms with Gasteiger partial charge in [-0.3, -0.25) is 4.79 Å². The molecule has 0 aliphatic heterocycles. The lowest BCUT2D eigenvalue weighted by Gasteiger charge is -2.19. The first-order valence-corrected chi connectivity index (χ1v) is 9.41. The first kappa shape index (κ1) is 22.6. The Morgan fingerprint density at radius 2 is 1.42 bits per heavy atom. The van der Waals surface area contributed by atoms with Gasteiger partial charge in [-0.15, -0.1) is 0 Å². The number of hydrogen-bond acceptors (Lipinski definition) is 6. The van der Waals surface area contributed by atoms with Crippen LogP contribution in [0.1, 0.15) is 67.2 Å². The van der Waals surface area contributed by atoms with Gasteiger partial charge < -0.3 is 9.47 Å². The Balaban J connectivity index is 3.91. The number of hydrogen-bond donors (Lipinski definition) is 2. The van der Waals surface area contributed by atoms with Gasteiger partial charge in [0.15, 0.2) is 0 Å². The number of rotatable bonds is 8. The lowest BCUT2D eigenvalue weighted by molar-refractivity contribution is -0.154. The van der Waals surface area contributed by atoms with Crippen LogP contribution in [0, 0.1) is 0 Å². The van der Waals surface area contributed by atoms with Crippen LogP contribution in [0.15, 0.2) is 0 Å². The molecule has 9 heteroatoms. The van der Waals surface area contributed by atoms with E-state index in [1.54, 1.807) is 46.3 Å². The number of carbonyl (C=O) groups is 2. The molecule has 0 spiro atoms. The van der Waals surface area contributed by atoms with Crippen molar-refractivity contribution in [1.82, 2.24) is 9.44 Å². The van der Waals surface area contributed by atoms with Crippen LogP contribution in [0.25, 0.3) is 0 Å². The first-order chi connectivity index (χ1) is 10.7. The van der Waals surface area contributed by atoms with Gasteiger partial charge in [0, 0.05) is 13.0 Å². The van der Waals surface area contributed by atoms with E-state index in [0.717, 1.165) is 0 Å². The average molecular weight is 366 g/mol. The van der Waals surface area contributed by atoms with Crippen molar-refractivity contribution >= 4 is 22.3 Å². The summed E-state index contributed by atoms with van der Waals surface area (Å²) >= 11 is 0. The monoisotopic (exact) mass is 366 g/mol. The molecule has 0 aromatic carbocycles. The zero-order valence-electron chi connectivity index (χ0n) is 15.4. The van der Waals surface area contributed by atoms with Crippen molar-refractivity contribution in [2.45, 2.75) is 78.4 Å². The van der Waals surface area contributed by atoms with Crippen molar-refractivity contribution in [3.8, 4) is 0 Å². The van der Waals surface area contributed by atoms with E-state index in [9.17, 15) is 18.0 Å². The summed E-state index contributed by atoms with van der Waals surface area (Å²) in [5.41, 5.74) is -1.28. The van der Waals surface area contributed by atoms with Gasteiger partial charge in [-0.1, -0.05) is 6.42 Å². The normalized spacial score (nSPS) is 12.6. The van der Waals surface area contributed by atoms with Crippen LogP contribution in [-0.4, -0.2) is 38.2 Å². The third kappa shape index (κ3) is 14.3. The van der Waals surface area contributed by atoms with Crippen LogP contribution in [0.4, 0.5) is 4.79 Å². The minimum absolute atomic E-state index is 0.159. The third-order valence-electron chi connectivity index (χ3n) is 2.39. The second-order valence-electron chi connectivity index (χ2n) is 7.40. The number of amides is 1. The second-order valence-corrected chi connectivity index (χ2v) is 8.90. The Hall–Kier alpha value is -1.35. The van der Waals surface area contributed by atoms with E-state index in [1.807, 2.05) is 0 Å². The summed E-state index contributed by atoms with van der Waals surface area (Å²) in [6, 6.07) is 0. The largest absolute Gasteiger partial charge is 0.460 e. The van der Waals surface area contributed by atoms with Crippen molar-refractivity contribution in [3.63, 3.8) is 0 Å². The summed E-state index contributed by atoms with van der Waals surface area (Å²) < 4.78 is 37.3. The maximum Gasteiger partial charge on any atom is 0.422 e. The van der Waals surface area contributed by atoms with Crippen molar-refractivity contribution in [1.29, 1.82) is 0 Å². The molecule has 24 heavy (non-hydrogen) atoms. The topological polar surface area (TPSA) is 111 Å². The molecular formula is C15H30N2O6S. The van der Waals surface area contributed by atoms with Crippen LogP contribution in [-0.2, 0) is 24.5 Å². The van der Waals surface area contributed by atoms with Gasteiger partial charge in [-0.05, 0) is 54.4 Å². The van der Waals surface area contributed by atoms with E-state index in [2.05, 4.69) is 4.72 Å². The highest BCUT2D eigenvalue weighted by Gasteiger charge is 2.21. The molecule has 0 fully saturated rings. The molecule has 0 unspecified atom stereocenters. The predicted molar refractivity (Wildman–Crippen MR) is 90.6 cm³/mol. The lowest BCUT2D eigenvalue weighted by atomic mass is 10.1. The summed E-state index contributed by atoms with van der Waals surface area (Å²) in [4.78, 5) is 22.9. The molecule has 0 aromatic rings. The van der Waals surface area contributed by atoms with Crippen LogP contribution >= 0.6 is 0 Å². The minimum Gasteiger partial charge on any atom is -0.460 e. The Labute approximate surface area is 144 Å². The number of esters is 1. The fraction of sp³-hybridized carbons (Fsp3) is 0.867. The molecule has 1 amide bonds.